The summed E-state index contributed by atoms with van der Waals surface area (Å²) in [7, 11) is 0. The van der Waals surface area contributed by atoms with Gasteiger partial charge in [0.15, 0.2) is 0 Å². The molecule has 1 aliphatic carbocycles. The third-order valence-electron chi connectivity index (χ3n) is 4.50. The van der Waals surface area contributed by atoms with Crippen LogP contribution in [-0.4, -0.2) is 10.2 Å². The van der Waals surface area contributed by atoms with Gasteiger partial charge in [-0.15, -0.1) is 0 Å². The first kappa shape index (κ1) is 15.9. The first-order valence-electron chi connectivity index (χ1n) is 6.73. The van der Waals surface area contributed by atoms with Crippen molar-refractivity contribution >= 4 is 29.1 Å². The lowest BCUT2D eigenvalue weighted by atomic mass is 9.98. The summed E-state index contributed by atoms with van der Waals surface area (Å²) < 4.78 is -0.856. The molecule has 0 spiro atoms. The zero-order chi connectivity index (χ0) is 15.1. The lowest BCUT2D eigenvalue weighted by molar-refractivity contribution is -0.418. The number of hydrogen-bond acceptors (Lipinski definition) is 1. The van der Waals surface area contributed by atoms with Gasteiger partial charge in [0, 0.05) is 5.02 Å². The largest absolute Gasteiger partial charge is 0.349 e. The number of amides is 1. The molecule has 0 heterocycles. The minimum atomic E-state index is -0.856. The van der Waals surface area contributed by atoms with Crippen molar-refractivity contribution in [1.82, 2.24) is 5.32 Å². The number of carbonyl (C=O) groups is 1. The highest BCUT2D eigenvalue weighted by molar-refractivity contribution is 6.30. The van der Waals surface area contributed by atoms with Crippen LogP contribution in [0.25, 0.3) is 0 Å². The van der Waals surface area contributed by atoms with E-state index >= 15 is 0 Å². The van der Waals surface area contributed by atoms with Gasteiger partial charge in [-0.1, -0.05) is 37.6 Å². The summed E-state index contributed by atoms with van der Waals surface area (Å²) in [4.78, 5) is 12.5. The number of nitrogens with one attached hydrogen (secondary N) is 1. The molecule has 4 unspecified atom stereocenters. The molecule has 20 heavy (non-hydrogen) atoms. The third-order valence-corrected chi connectivity index (χ3v) is 6.14. The van der Waals surface area contributed by atoms with E-state index in [2.05, 4.69) is 5.32 Å². The van der Waals surface area contributed by atoms with Gasteiger partial charge >= 0.3 is 0 Å². The minimum absolute atomic E-state index is 0.00841. The zero-order valence-corrected chi connectivity index (χ0v) is 14.1. The first-order valence-corrected chi connectivity index (χ1v) is 7.89. The number of rotatable bonds is 4. The molecule has 2 nitrogen and oxygen atoms in total. The average molecular weight is 336 g/mol. The molecule has 0 bridgehead atoms. The SMILES string of the molecule is CCC1(C(=O)NC(C)c2ccc(Cl)cc2)C(C)C1(Cl)[ClH+]. The number of halogens is 3. The van der Waals surface area contributed by atoms with Gasteiger partial charge in [-0.05, 0) is 42.6 Å². The van der Waals surface area contributed by atoms with Crippen molar-refractivity contribution < 1.29 is 16.4 Å². The van der Waals surface area contributed by atoms with Crippen molar-refractivity contribution in [2.24, 2.45) is 11.3 Å². The van der Waals surface area contributed by atoms with Crippen molar-refractivity contribution in [2.45, 2.75) is 37.6 Å². The minimum Gasteiger partial charge on any atom is -0.349 e. The topological polar surface area (TPSA) is 29.1 Å². The van der Waals surface area contributed by atoms with E-state index < -0.39 is 9.75 Å². The number of benzene rings is 1. The van der Waals surface area contributed by atoms with Crippen LogP contribution in [0.5, 0.6) is 0 Å². The summed E-state index contributed by atoms with van der Waals surface area (Å²) in [6, 6.07) is 7.34. The highest BCUT2D eigenvalue weighted by atomic mass is 35.5. The number of hydrogen-bond donors (Lipinski definition) is 1. The Kier molecular flexibility index (Phi) is 4.30. The molecule has 0 aliphatic heterocycles. The Labute approximate surface area is 134 Å². The molecule has 1 aromatic rings. The maximum Gasteiger partial charge on any atom is 0.280 e. The summed E-state index contributed by atoms with van der Waals surface area (Å²) in [5, 5.41) is 3.70. The van der Waals surface area contributed by atoms with Gasteiger partial charge < -0.3 is 5.32 Å². The van der Waals surface area contributed by atoms with Crippen LogP contribution >= 0.6 is 23.2 Å². The summed E-state index contributed by atoms with van der Waals surface area (Å²) in [5.74, 6) is -0.0472. The average Bonchev–Trinajstić information content (AvgIpc) is 2.84. The molecule has 0 aromatic heterocycles. The Morgan fingerprint density at radius 3 is 2.35 bits per heavy atom. The van der Waals surface area contributed by atoms with E-state index in [1.807, 2.05) is 45.0 Å². The fourth-order valence-corrected chi connectivity index (χ4v) is 4.07. The molecule has 1 saturated carbocycles. The van der Waals surface area contributed by atoms with Crippen molar-refractivity contribution in [3.8, 4) is 0 Å². The molecule has 1 N–H and O–H groups in total. The maximum atomic E-state index is 12.5. The van der Waals surface area contributed by atoms with E-state index in [0.717, 1.165) is 5.56 Å². The van der Waals surface area contributed by atoms with Crippen LogP contribution < -0.4 is 5.32 Å². The Bertz CT molecular complexity index is 514. The quantitative estimate of drug-likeness (QED) is 0.834. The summed E-state index contributed by atoms with van der Waals surface area (Å²) >= 11 is 17.5. The number of carbonyl (C=O) groups excluding carboxylic acids is 1. The van der Waals surface area contributed by atoms with Gasteiger partial charge in [0.2, 0.25) is 5.91 Å². The fraction of sp³-hybridized carbons (Fsp3) is 0.533. The molecule has 4 atom stereocenters. The standard InChI is InChI=1S/C15H18Cl3NO/c1-4-14(10(3)15(14,17)18)13(20)19-9(2)11-5-7-12(16)8-6-11/h5-10,17H,4H2,1-3H3/p+1. The van der Waals surface area contributed by atoms with Crippen molar-refractivity contribution in [2.75, 3.05) is 0 Å². The van der Waals surface area contributed by atoms with Crippen LogP contribution in [0, 0.1) is 22.9 Å². The second-order valence-corrected chi connectivity index (χ2v) is 7.34. The predicted molar refractivity (Wildman–Crippen MR) is 79.9 cm³/mol. The van der Waals surface area contributed by atoms with Crippen molar-refractivity contribution in [3.63, 3.8) is 0 Å². The van der Waals surface area contributed by atoms with Crippen LogP contribution in [0.4, 0.5) is 0 Å². The monoisotopic (exact) mass is 334 g/mol. The van der Waals surface area contributed by atoms with E-state index in [-0.39, 0.29) is 17.9 Å². The molecule has 1 fully saturated rings. The normalized spacial score (nSPS) is 33.6. The van der Waals surface area contributed by atoms with Crippen molar-refractivity contribution in [1.29, 1.82) is 0 Å². The molecule has 0 saturated heterocycles. The van der Waals surface area contributed by atoms with Crippen LogP contribution in [0.15, 0.2) is 24.3 Å². The van der Waals surface area contributed by atoms with Crippen LogP contribution in [0.3, 0.4) is 0 Å². The molecule has 5 heteroatoms. The van der Waals surface area contributed by atoms with Crippen molar-refractivity contribution in [3.05, 3.63) is 34.9 Å². The van der Waals surface area contributed by atoms with Crippen LogP contribution in [0.2, 0.25) is 5.02 Å². The lowest BCUT2D eigenvalue weighted by Crippen LogP contribution is -2.37. The summed E-state index contributed by atoms with van der Waals surface area (Å²) in [6.45, 7) is 5.84. The van der Waals surface area contributed by atoms with E-state index in [0.29, 0.717) is 11.4 Å². The Hall–Kier alpha value is -0.440. The second-order valence-electron chi connectivity index (χ2n) is 5.44. The molecular formula is C15H19Cl3NO+. The van der Waals surface area contributed by atoms with Gasteiger partial charge in [0.05, 0.1) is 12.0 Å². The highest BCUT2D eigenvalue weighted by Gasteiger charge is 2.83. The smallest absolute Gasteiger partial charge is 0.280 e. The second kappa shape index (κ2) is 5.40. The van der Waals surface area contributed by atoms with E-state index in [4.69, 9.17) is 34.8 Å². The highest BCUT2D eigenvalue weighted by Crippen LogP contribution is 2.67. The van der Waals surface area contributed by atoms with Gasteiger partial charge in [0.25, 0.3) is 4.33 Å². The molecule has 1 aromatic carbocycles. The molecular weight excluding hydrogens is 317 g/mol. The Morgan fingerprint density at radius 2 is 1.95 bits per heavy atom. The van der Waals surface area contributed by atoms with Gasteiger partial charge in [-0.2, -0.15) is 0 Å². The van der Waals surface area contributed by atoms with E-state index in [9.17, 15) is 4.79 Å². The van der Waals surface area contributed by atoms with Crippen LogP contribution in [-0.2, 0) is 4.79 Å². The third kappa shape index (κ3) is 2.32. The lowest BCUT2D eigenvalue weighted by Gasteiger charge is -2.19. The van der Waals surface area contributed by atoms with E-state index in [1.165, 1.54) is 0 Å². The van der Waals surface area contributed by atoms with Gasteiger partial charge in [-0.3, -0.25) is 4.79 Å². The molecule has 1 aliphatic rings. The number of alkyl halides is 2. The molecule has 2 rings (SSSR count). The Balaban J connectivity index is 2.11. The summed E-state index contributed by atoms with van der Waals surface area (Å²) in [6.07, 6.45) is 0.653. The van der Waals surface area contributed by atoms with Gasteiger partial charge in [0.1, 0.15) is 17.0 Å². The van der Waals surface area contributed by atoms with Crippen LogP contribution in [0.1, 0.15) is 38.8 Å². The molecule has 1 amide bonds. The molecule has 0 radical (unpaired) electrons. The first-order chi connectivity index (χ1) is 9.27. The maximum absolute atomic E-state index is 12.5. The zero-order valence-electron chi connectivity index (χ0n) is 11.7. The predicted octanol–water partition coefficient (Wildman–Crippen LogP) is 3.78. The summed E-state index contributed by atoms with van der Waals surface area (Å²) in [5.41, 5.74) is 0.372. The fourth-order valence-electron chi connectivity index (χ4n) is 2.87. The molecule has 110 valence electrons. The van der Waals surface area contributed by atoms with E-state index in [1.54, 1.807) is 0 Å². The van der Waals surface area contributed by atoms with Gasteiger partial charge in [-0.25, -0.2) is 0 Å². The Morgan fingerprint density at radius 1 is 1.45 bits per heavy atom.